The lowest BCUT2D eigenvalue weighted by atomic mass is 10.1. The molecule has 2 rings (SSSR count). The number of benzene rings is 1. The molecular formula is C18H30N4O2S. The number of nitrogens with one attached hydrogen (secondary N) is 2. The van der Waals surface area contributed by atoms with Crippen molar-refractivity contribution in [2.45, 2.75) is 31.8 Å². The molecule has 1 fully saturated rings. The van der Waals surface area contributed by atoms with Crippen LogP contribution in [0.25, 0.3) is 0 Å². The van der Waals surface area contributed by atoms with E-state index in [1.807, 2.05) is 13.0 Å². The van der Waals surface area contributed by atoms with Crippen LogP contribution >= 0.6 is 0 Å². The maximum atomic E-state index is 11.6. The Morgan fingerprint density at radius 2 is 2.04 bits per heavy atom. The molecule has 1 saturated heterocycles. The van der Waals surface area contributed by atoms with E-state index >= 15 is 0 Å². The van der Waals surface area contributed by atoms with Crippen LogP contribution in [0.3, 0.4) is 0 Å². The number of rotatable bonds is 7. The Labute approximate surface area is 151 Å². The molecule has 6 nitrogen and oxygen atoms in total. The Hall–Kier alpha value is -1.60. The third-order valence-corrected chi connectivity index (χ3v) is 6.19. The van der Waals surface area contributed by atoms with Crippen molar-refractivity contribution in [2.75, 3.05) is 38.7 Å². The van der Waals surface area contributed by atoms with Gasteiger partial charge in [0, 0.05) is 18.6 Å². The maximum Gasteiger partial charge on any atom is 0.191 e. The monoisotopic (exact) mass is 366 g/mol. The Bertz CT molecular complexity index is 659. The largest absolute Gasteiger partial charge is 0.357 e. The molecule has 2 atom stereocenters. The fraction of sp³-hybridized carbons (Fsp3) is 0.611. The van der Waals surface area contributed by atoms with Gasteiger partial charge in [0.15, 0.2) is 15.8 Å². The lowest BCUT2D eigenvalue weighted by Crippen LogP contribution is -2.45. The highest BCUT2D eigenvalue weighted by Crippen LogP contribution is 2.11. The zero-order valence-corrected chi connectivity index (χ0v) is 16.2. The molecule has 1 aromatic carbocycles. The Morgan fingerprint density at radius 1 is 1.32 bits per heavy atom. The lowest BCUT2D eigenvalue weighted by molar-refractivity contribution is 0.298. The van der Waals surface area contributed by atoms with Gasteiger partial charge >= 0.3 is 0 Å². The second-order valence-corrected chi connectivity index (χ2v) is 9.00. The third kappa shape index (κ3) is 6.66. The first-order chi connectivity index (χ1) is 11.9. The van der Waals surface area contributed by atoms with E-state index in [1.165, 1.54) is 5.56 Å². The topological polar surface area (TPSA) is 73.8 Å². The number of aliphatic imine (C=N–C) groups is 1. The van der Waals surface area contributed by atoms with Gasteiger partial charge in [-0.15, -0.1) is 0 Å². The lowest BCUT2D eigenvalue weighted by Gasteiger charge is -2.24. The predicted molar refractivity (Wildman–Crippen MR) is 104 cm³/mol. The summed E-state index contributed by atoms with van der Waals surface area (Å²) < 4.78 is 23.3. The van der Waals surface area contributed by atoms with Gasteiger partial charge in [0.2, 0.25) is 0 Å². The van der Waals surface area contributed by atoms with Gasteiger partial charge in [0.1, 0.15) is 0 Å². The summed E-state index contributed by atoms with van der Waals surface area (Å²) in [5, 5.41) is 6.49. The Kier molecular flexibility index (Phi) is 7.25. The van der Waals surface area contributed by atoms with Crippen LogP contribution < -0.4 is 10.6 Å². The van der Waals surface area contributed by atoms with Crippen molar-refractivity contribution < 1.29 is 8.42 Å². The standard InChI is InChI=1S/C18H30N4O2S/c1-4-19-18(21-16-10-11-25(23,24)14-16)20-13-17(22(2)3)12-15-8-6-5-7-9-15/h5-9,16-17H,4,10-14H2,1-3H3,(H2,19,20,21). The minimum absolute atomic E-state index is 0.0465. The van der Waals surface area contributed by atoms with E-state index in [0.29, 0.717) is 18.9 Å². The fourth-order valence-electron chi connectivity index (χ4n) is 2.92. The predicted octanol–water partition coefficient (Wildman–Crippen LogP) is 0.902. The molecule has 0 aliphatic carbocycles. The number of guanidine groups is 1. The van der Waals surface area contributed by atoms with Crippen LogP contribution in [0.15, 0.2) is 35.3 Å². The van der Waals surface area contributed by atoms with Crippen molar-refractivity contribution in [1.29, 1.82) is 0 Å². The van der Waals surface area contributed by atoms with Crippen LogP contribution in [-0.4, -0.2) is 70.1 Å². The zero-order chi connectivity index (χ0) is 18.3. The van der Waals surface area contributed by atoms with Crippen molar-refractivity contribution in [3.8, 4) is 0 Å². The van der Waals surface area contributed by atoms with E-state index in [4.69, 9.17) is 4.99 Å². The molecule has 1 aromatic rings. The van der Waals surface area contributed by atoms with Gasteiger partial charge in [-0.2, -0.15) is 0 Å². The van der Waals surface area contributed by atoms with E-state index in [-0.39, 0.29) is 23.6 Å². The average Bonchev–Trinajstić information content (AvgIpc) is 2.90. The minimum atomic E-state index is -2.89. The van der Waals surface area contributed by atoms with Gasteiger partial charge in [0.05, 0.1) is 18.1 Å². The summed E-state index contributed by atoms with van der Waals surface area (Å²) in [6.07, 6.45) is 1.57. The second kappa shape index (κ2) is 9.20. The Balaban J connectivity index is 1.99. The summed E-state index contributed by atoms with van der Waals surface area (Å²) in [7, 11) is 1.23. The van der Waals surface area contributed by atoms with Crippen LogP contribution in [0.2, 0.25) is 0 Å². The molecule has 0 amide bonds. The van der Waals surface area contributed by atoms with E-state index < -0.39 is 9.84 Å². The first-order valence-corrected chi connectivity index (χ1v) is 10.7. The van der Waals surface area contributed by atoms with Gasteiger partial charge in [-0.05, 0) is 39.4 Å². The molecule has 7 heteroatoms. The number of hydrogen-bond donors (Lipinski definition) is 2. The third-order valence-electron chi connectivity index (χ3n) is 4.42. The number of nitrogens with zero attached hydrogens (tertiary/aromatic N) is 2. The minimum Gasteiger partial charge on any atom is -0.357 e. The van der Waals surface area contributed by atoms with Crippen LogP contribution in [0.1, 0.15) is 18.9 Å². The molecule has 0 saturated carbocycles. The molecule has 0 aromatic heterocycles. The highest BCUT2D eigenvalue weighted by Gasteiger charge is 2.28. The molecule has 0 bridgehead atoms. The quantitative estimate of drug-likeness (QED) is 0.554. The molecule has 2 N–H and O–H groups in total. The SMILES string of the molecule is CCNC(=NCC(Cc1ccccc1)N(C)C)NC1CCS(=O)(=O)C1. The summed E-state index contributed by atoms with van der Waals surface area (Å²) in [5.41, 5.74) is 1.29. The maximum absolute atomic E-state index is 11.6. The van der Waals surface area contributed by atoms with Crippen molar-refractivity contribution in [2.24, 2.45) is 4.99 Å². The van der Waals surface area contributed by atoms with Gasteiger partial charge in [-0.1, -0.05) is 30.3 Å². The normalized spacial score (nSPS) is 21.3. The van der Waals surface area contributed by atoms with E-state index in [0.717, 1.165) is 13.0 Å². The molecular weight excluding hydrogens is 336 g/mol. The van der Waals surface area contributed by atoms with Crippen LogP contribution in [0.5, 0.6) is 0 Å². The molecule has 1 heterocycles. The first kappa shape index (κ1) is 19.7. The van der Waals surface area contributed by atoms with Gasteiger partial charge in [-0.3, -0.25) is 4.99 Å². The molecule has 1 aliphatic heterocycles. The van der Waals surface area contributed by atoms with Crippen molar-refractivity contribution in [1.82, 2.24) is 15.5 Å². The van der Waals surface area contributed by atoms with E-state index in [2.05, 4.69) is 53.9 Å². The zero-order valence-electron chi connectivity index (χ0n) is 15.4. The molecule has 0 spiro atoms. The van der Waals surface area contributed by atoms with Crippen LogP contribution in [-0.2, 0) is 16.3 Å². The summed E-state index contributed by atoms with van der Waals surface area (Å²) in [6, 6.07) is 10.6. The summed E-state index contributed by atoms with van der Waals surface area (Å²) in [4.78, 5) is 6.88. The van der Waals surface area contributed by atoms with Gasteiger partial charge in [0.25, 0.3) is 0 Å². The number of sulfone groups is 1. The van der Waals surface area contributed by atoms with Crippen molar-refractivity contribution >= 4 is 15.8 Å². The second-order valence-electron chi connectivity index (χ2n) is 6.77. The summed E-state index contributed by atoms with van der Waals surface area (Å²) in [5.74, 6) is 1.15. The summed E-state index contributed by atoms with van der Waals surface area (Å²) in [6.45, 7) is 3.41. The molecule has 2 unspecified atom stereocenters. The highest BCUT2D eigenvalue weighted by atomic mass is 32.2. The molecule has 140 valence electrons. The molecule has 1 aliphatic rings. The first-order valence-electron chi connectivity index (χ1n) is 8.85. The van der Waals surface area contributed by atoms with Crippen LogP contribution in [0.4, 0.5) is 0 Å². The average molecular weight is 367 g/mol. The summed E-state index contributed by atoms with van der Waals surface area (Å²) >= 11 is 0. The number of hydrogen-bond acceptors (Lipinski definition) is 4. The smallest absolute Gasteiger partial charge is 0.191 e. The number of likely N-dealkylation sites (N-methyl/N-ethyl adjacent to an activating group) is 1. The fourth-order valence-corrected chi connectivity index (χ4v) is 4.59. The van der Waals surface area contributed by atoms with E-state index in [9.17, 15) is 8.42 Å². The van der Waals surface area contributed by atoms with Gasteiger partial charge < -0.3 is 15.5 Å². The van der Waals surface area contributed by atoms with Crippen molar-refractivity contribution in [3.05, 3.63) is 35.9 Å². The molecule has 25 heavy (non-hydrogen) atoms. The van der Waals surface area contributed by atoms with Gasteiger partial charge in [-0.25, -0.2) is 8.42 Å². The van der Waals surface area contributed by atoms with Crippen molar-refractivity contribution in [3.63, 3.8) is 0 Å². The Morgan fingerprint density at radius 3 is 2.60 bits per heavy atom. The van der Waals surface area contributed by atoms with Crippen LogP contribution in [0, 0.1) is 0 Å². The molecule has 0 radical (unpaired) electrons. The highest BCUT2D eigenvalue weighted by molar-refractivity contribution is 7.91. The van der Waals surface area contributed by atoms with E-state index in [1.54, 1.807) is 0 Å².